The fourth-order valence-corrected chi connectivity index (χ4v) is 2.94. The number of hydrogen-bond donors (Lipinski definition) is 2. The Morgan fingerprint density at radius 1 is 1.12 bits per heavy atom. The first-order valence-electron chi connectivity index (χ1n) is 7.00. The van der Waals surface area contributed by atoms with Crippen molar-refractivity contribution in [1.82, 2.24) is 0 Å². The van der Waals surface area contributed by atoms with Gasteiger partial charge in [0, 0.05) is 25.5 Å². The van der Waals surface area contributed by atoms with E-state index in [1.807, 2.05) is 0 Å². The molecule has 8 heteroatoms. The molecule has 0 fully saturated rings. The Balaban J connectivity index is 1.94. The van der Waals surface area contributed by atoms with E-state index in [0.29, 0.717) is 14.9 Å². The van der Waals surface area contributed by atoms with Crippen molar-refractivity contribution in [3.63, 3.8) is 0 Å². The van der Waals surface area contributed by atoms with Gasteiger partial charge < -0.3 is 10.6 Å². The maximum atomic E-state index is 13.7. The summed E-state index contributed by atoms with van der Waals surface area (Å²) in [4.78, 5) is 35.3. The second-order valence-corrected chi connectivity index (χ2v) is 6.67. The number of thiophene rings is 1. The van der Waals surface area contributed by atoms with Crippen LogP contribution in [0.15, 0.2) is 30.3 Å². The van der Waals surface area contributed by atoms with E-state index < -0.39 is 11.7 Å². The number of halogens is 2. The molecular weight excluding hydrogens is 355 g/mol. The quantitative estimate of drug-likeness (QED) is 0.754. The molecule has 0 saturated heterocycles. The predicted octanol–water partition coefficient (Wildman–Crippen LogP) is 4.10. The van der Waals surface area contributed by atoms with E-state index in [1.165, 1.54) is 19.1 Å². The summed E-state index contributed by atoms with van der Waals surface area (Å²) in [6, 6.07) is 7.05. The number of anilines is 2. The number of rotatable bonds is 6. The summed E-state index contributed by atoms with van der Waals surface area (Å²) in [6.07, 6.45) is -0.0894. The zero-order valence-corrected chi connectivity index (χ0v) is 14.3. The van der Waals surface area contributed by atoms with E-state index in [9.17, 15) is 18.8 Å². The number of hydrogen-bond acceptors (Lipinski definition) is 4. The molecule has 0 spiro atoms. The summed E-state index contributed by atoms with van der Waals surface area (Å²) in [6.45, 7) is 1.32. The van der Waals surface area contributed by atoms with Crippen LogP contribution >= 0.6 is 22.9 Å². The normalized spacial score (nSPS) is 10.3. The lowest BCUT2D eigenvalue weighted by atomic mass is 10.2. The third kappa shape index (κ3) is 5.14. The number of Topliss-reactive ketones (excluding diaryl/α,β-unsaturated/α-hetero) is 1. The Bertz CT molecular complexity index is 791. The number of carbonyl (C=O) groups excluding carboxylic acids is 3. The number of ketones is 1. The van der Waals surface area contributed by atoms with Gasteiger partial charge in [0.05, 0.1) is 14.9 Å². The molecule has 2 N–H and O–H groups in total. The van der Waals surface area contributed by atoms with Gasteiger partial charge in [-0.1, -0.05) is 11.6 Å². The molecule has 0 bridgehead atoms. The van der Waals surface area contributed by atoms with Crippen LogP contribution in [0.3, 0.4) is 0 Å². The lowest BCUT2D eigenvalue weighted by Crippen LogP contribution is -2.15. The van der Waals surface area contributed by atoms with Crippen molar-refractivity contribution in [1.29, 1.82) is 0 Å². The average molecular weight is 369 g/mol. The van der Waals surface area contributed by atoms with Crippen molar-refractivity contribution >= 4 is 51.9 Å². The van der Waals surface area contributed by atoms with Gasteiger partial charge in [-0.3, -0.25) is 14.4 Å². The molecule has 1 heterocycles. The molecule has 0 atom stereocenters. The molecule has 1 aromatic heterocycles. The molecule has 0 aliphatic carbocycles. The first kappa shape index (κ1) is 18.1. The molecule has 0 saturated carbocycles. The van der Waals surface area contributed by atoms with Crippen LogP contribution in [-0.4, -0.2) is 17.6 Å². The molecule has 0 aliphatic heterocycles. The predicted molar refractivity (Wildman–Crippen MR) is 92.2 cm³/mol. The van der Waals surface area contributed by atoms with Crippen LogP contribution in [0.2, 0.25) is 4.34 Å². The van der Waals surface area contributed by atoms with Crippen molar-refractivity contribution < 1.29 is 18.8 Å². The molecule has 126 valence electrons. The van der Waals surface area contributed by atoms with Crippen LogP contribution in [0.25, 0.3) is 0 Å². The van der Waals surface area contributed by atoms with E-state index in [4.69, 9.17) is 11.6 Å². The highest BCUT2D eigenvalue weighted by molar-refractivity contribution is 7.18. The lowest BCUT2D eigenvalue weighted by molar-refractivity contribution is -0.116. The molecule has 1 aromatic carbocycles. The second kappa shape index (κ2) is 8.03. The average Bonchev–Trinajstić information content (AvgIpc) is 2.94. The molecule has 5 nitrogen and oxygen atoms in total. The molecule has 0 aliphatic rings. The van der Waals surface area contributed by atoms with E-state index in [1.54, 1.807) is 12.1 Å². The number of nitrogens with one attached hydrogen (secondary N) is 2. The second-order valence-electron chi connectivity index (χ2n) is 4.95. The Hall–Kier alpha value is -2.25. The molecule has 24 heavy (non-hydrogen) atoms. The number of benzene rings is 1. The van der Waals surface area contributed by atoms with Gasteiger partial charge in [-0.2, -0.15) is 0 Å². The first-order chi connectivity index (χ1) is 11.3. The van der Waals surface area contributed by atoms with Gasteiger partial charge >= 0.3 is 0 Å². The smallest absolute Gasteiger partial charge is 0.224 e. The molecule has 0 radical (unpaired) electrons. The van der Waals surface area contributed by atoms with Crippen LogP contribution in [0.1, 0.15) is 29.4 Å². The summed E-state index contributed by atoms with van der Waals surface area (Å²) in [5.41, 5.74) is 0.307. The summed E-state index contributed by atoms with van der Waals surface area (Å²) >= 11 is 6.90. The van der Waals surface area contributed by atoms with Gasteiger partial charge in [-0.15, -0.1) is 11.3 Å². The maximum absolute atomic E-state index is 13.7. The van der Waals surface area contributed by atoms with Crippen molar-refractivity contribution in [2.75, 3.05) is 10.6 Å². The number of amides is 2. The monoisotopic (exact) mass is 368 g/mol. The zero-order valence-electron chi connectivity index (χ0n) is 12.7. The maximum Gasteiger partial charge on any atom is 0.224 e. The minimum atomic E-state index is -0.631. The number of carbonyl (C=O) groups is 3. The molecule has 2 rings (SSSR count). The Morgan fingerprint density at radius 3 is 2.50 bits per heavy atom. The third-order valence-electron chi connectivity index (χ3n) is 2.99. The summed E-state index contributed by atoms with van der Waals surface area (Å²) < 4.78 is 14.2. The van der Waals surface area contributed by atoms with Crippen LogP contribution in [0, 0.1) is 5.82 Å². The Labute approximate surface area is 146 Å². The van der Waals surface area contributed by atoms with Gasteiger partial charge in [0.1, 0.15) is 5.82 Å². The fraction of sp³-hybridized carbons (Fsp3) is 0.188. The summed E-state index contributed by atoms with van der Waals surface area (Å²) in [5.74, 6) is -1.63. The van der Waals surface area contributed by atoms with Gasteiger partial charge in [-0.25, -0.2) is 4.39 Å². The fourth-order valence-electron chi connectivity index (χ4n) is 1.93. The van der Waals surface area contributed by atoms with E-state index >= 15 is 0 Å². The largest absolute Gasteiger partial charge is 0.326 e. The third-order valence-corrected chi connectivity index (χ3v) is 4.26. The molecule has 2 aromatic rings. The zero-order chi connectivity index (χ0) is 17.7. The molecule has 2 amide bonds. The van der Waals surface area contributed by atoms with Crippen molar-refractivity contribution in [3.05, 3.63) is 45.4 Å². The summed E-state index contributed by atoms with van der Waals surface area (Å²) in [7, 11) is 0. The highest BCUT2D eigenvalue weighted by atomic mass is 35.5. The van der Waals surface area contributed by atoms with Gasteiger partial charge in [0.2, 0.25) is 11.8 Å². The first-order valence-corrected chi connectivity index (χ1v) is 8.20. The summed E-state index contributed by atoms with van der Waals surface area (Å²) in [5, 5.41) is 4.89. The minimum Gasteiger partial charge on any atom is -0.326 e. The Morgan fingerprint density at radius 2 is 1.88 bits per heavy atom. The molecule has 0 unspecified atom stereocenters. The van der Waals surface area contributed by atoms with Crippen LogP contribution < -0.4 is 10.6 Å². The van der Waals surface area contributed by atoms with E-state index in [-0.39, 0.29) is 30.2 Å². The van der Waals surface area contributed by atoms with Gasteiger partial charge in [0.25, 0.3) is 0 Å². The van der Waals surface area contributed by atoms with Crippen molar-refractivity contribution in [2.24, 2.45) is 0 Å². The Kier molecular flexibility index (Phi) is 6.05. The van der Waals surface area contributed by atoms with Crippen molar-refractivity contribution in [2.45, 2.75) is 19.8 Å². The van der Waals surface area contributed by atoms with E-state index in [2.05, 4.69) is 10.6 Å². The van der Waals surface area contributed by atoms with E-state index in [0.717, 1.165) is 17.4 Å². The van der Waals surface area contributed by atoms with Gasteiger partial charge in [0.15, 0.2) is 5.78 Å². The highest BCUT2D eigenvalue weighted by Gasteiger charge is 2.13. The SMILES string of the molecule is CC(=O)Nc1ccc(F)c(NC(=O)CCC(=O)c2ccc(Cl)s2)c1. The van der Waals surface area contributed by atoms with Crippen LogP contribution in [-0.2, 0) is 9.59 Å². The van der Waals surface area contributed by atoms with Crippen LogP contribution in [0.5, 0.6) is 0 Å². The highest BCUT2D eigenvalue weighted by Crippen LogP contribution is 2.23. The minimum absolute atomic E-state index is 0.00428. The molecular formula is C16H14ClFN2O3S. The topological polar surface area (TPSA) is 75.3 Å². The lowest BCUT2D eigenvalue weighted by Gasteiger charge is -2.09. The van der Waals surface area contributed by atoms with Gasteiger partial charge in [-0.05, 0) is 30.3 Å². The van der Waals surface area contributed by atoms with Crippen LogP contribution in [0.4, 0.5) is 15.8 Å². The van der Waals surface area contributed by atoms with Crippen molar-refractivity contribution in [3.8, 4) is 0 Å². The standard InChI is InChI=1S/C16H14ClFN2O3S/c1-9(21)19-10-2-3-11(18)12(8-10)20-16(23)7-4-13(22)14-5-6-15(17)24-14/h2-3,5-6,8H,4,7H2,1H3,(H,19,21)(H,20,23).